The highest BCUT2D eigenvalue weighted by Crippen LogP contribution is 2.10. The van der Waals surface area contributed by atoms with Crippen molar-refractivity contribution in [1.29, 1.82) is 0 Å². The summed E-state index contributed by atoms with van der Waals surface area (Å²) in [4.78, 5) is 23.4. The Morgan fingerprint density at radius 1 is 0.966 bits per heavy atom. The Labute approximate surface area is 192 Å². The molecule has 2 saturated heterocycles. The molecule has 7 heteroatoms. The number of likely N-dealkylation sites (tertiary alicyclic amines) is 1. The van der Waals surface area contributed by atoms with Crippen LogP contribution in [0, 0.1) is 0 Å². The molecular weight excluding hydrogens is 477 g/mol. The van der Waals surface area contributed by atoms with E-state index in [-0.39, 0.29) is 24.0 Å². The molecule has 0 bridgehead atoms. The quantitative estimate of drug-likeness (QED) is 0.360. The third-order valence-electron chi connectivity index (χ3n) is 5.83. The number of rotatable bonds is 6. The Balaban J connectivity index is 0.00000300. The van der Waals surface area contributed by atoms with Crippen molar-refractivity contribution in [2.45, 2.75) is 32.6 Å². The van der Waals surface area contributed by atoms with Crippen molar-refractivity contribution in [3.05, 3.63) is 35.4 Å². The molecule has 1 aromatic carbocycles. The molecule has 0 spiro atoms. The van der Waals surface area contributed by atoms with Gasteiger partial charge in [-0.15, -0.1) is 24.0 Å². The average Bonchev–Trinajstić information content (AvgIpc) is 3.28. The number of carbonyl (C=O) groups is 1. The van der Waals surface area contributed by atoms with Crippen molar-refractivity contribution < 1.29 is 4.79 Å². The van der Waals surface area contributed by atoms with Crippen molar-refractivity contribution in [1.82, 2.24) is 20.0 Å². The van der Waals surface area contributed by atoms with Gasteiger partial charge in [-0.25, -0.2) is 0 Å². The molecule has 1 N–H and O–H groups in total. The van der Waals surface area contributed by atoms with E-state index in [1.807, 2.05) is 11.9 Å². The van der Waals surface area contributed by atoms with Crippen LogP contribution in [0.1, 0.15) is 30.9 Å². The number of halogens is 1. The van der Waals surface area contributed by atoms with Crippen LogP contribution in [0.2, 0.25) is 0 Å². The highest BCUT2D eigenvalue weighted by atomic mass is 127. The molecule has 2 fully saturated rings. The smallest absolute Gasteiger partial charge is 0.236 e. The van der Waals surface area contributed by atoms with E-state index >= 15 is 0 Å². The van der Waals surface area contributed by atoms with Gasteiger partial charge in [0.1, 0.15) is 0 Å². The van der Waals surface area contributed by atoms with Crippen molar-refractivity contribution in [2.24, 2.45) is 4.99 Å². The molecule has 0 aliphatic carbocycles. The number of piperazine rings is 1. The fraction of sp³-hybridized carbons (Fsp3) is 0.636. The third kappa shape index (κ3) is 7.13. The zero-order valence-electron chi connectivity index (χ0n) is 17.9. The maximum atomic E-state index is 12.3. The van der Waals surface area contributed by atoms with Crippen LogP contribution >= 0.6 is 24.0 Å². The minimum atomic E-state index is 0. The van der Waals surface area contributed by atoms with Gasteiger partial charge in [-0.05, 0) is 36.8 Å². The fourth-order valence-corrected chi connectivity index (χ4v) is 3.97. The van der Waals surface area contributed by atoms with E-state index in [2.05, 4.69) is 51.3 Å². The van der Waals surface area contributed by atoms with Crippen LogP contribution in [0.4, 0.5) is 0 Å². The summed E-state index contributed by atoms with van der Waals surface area (Å²) in [5.74, 6) is 1.26. The molecular formula is C22H36IN5O. The van der Waals surface area contributed by atoms with Gasteiger partial charge in [-0.2, -0.15) is 0 Å². The molecule has 0 aromatic heterocycles. The van der Waals surface area contributed by atoms with Crippen LogP contribution in [0.15, 0.2) is 29.3 Å². The molecule has 2 aliphatic heterocycles. The molecule has 0 unspecified atom stereocenters. The number of carbonyl (C=O) groups excluding carboxylic acids is 1. The van der Waals surface area contributed by atoms with Crippen molar-refractivity contribution in [3.63, 3.8) is 0 Å². The maximum Gasteiger partial charge on any atom is 0.236 e. The molecule has 0 radical (unpaired) electrons. The Morgan fingerprint density at radius 3 is 2.17 bits per heavy atom. The van der Waals surface area contributed by atoms with Crippen LogP contribution in [0.5, 0.6) is 0 Å². The topological polar surface area (TPSA) is 51.2 Å². The largest absolute Gasteiger partial charge is 0.356 e. The summed E-state index contributed by atoms with van der Waals surface area (Å²) in [6, 6.07) is 8.87. The average molecular weight is 513 g/mol. The van der Waals surface area contributed by atoms with Gasteiger partial charge < -0.3 is 15.1 Å². The summed E-state index contributed by atoms with van der Waals surface area (Å²) < 4.78 is 0. The first-order valence-corrected chi connectivity index (χ1v) is 10.7. The lowest BCUT2D eigenvalue weighted by molar-refractivity contribution is -0.131. The van der Waals surface area contributed by atoms with E-state index in [9.17, 15) is 4.79 Å². The number of amides is 1. The van der Waals surface area contributed by atoms with E-state index in [1.165, 1.54) is 11.1 Å². The number of nitrogens with zero attached hydrogens (tertiary/aromatic N) is 4. The Morgan fingerprint density at radius 2 is 1.59 bits per heavy atom. The molecule has 1 aromatic rings. The second-order valence-corrected chi connectivity index (χ2v) is 7.75. The fourth-order valence-electron chi connectivity index (χ4n) is 3.97. The van der Waals surface area contributed by atoms with Crippen molar-refractivity contribution in [2.75, 3.05) is 59.4 Å². The molecule has 2 heterocycles. The Kier molecular flexibility index (Phi) is 10.2. The molecule has 1 amide bonds. The molecule has 6 nitrogen and oxygen atoms in total. The van der Waals surface area contributed by atoms with Crippen molar-refractivity contribution >= 4 is 35.8 Å². The van der Waals surface area contributed by atoms with Gasteiger partial charge in [0, 0.05) is 52.9 Å². The lowest BCUT2D eigenvalue weighted by Gasteiger charge is -2.36. The molecule has 162 valence electrons. The van der Waals surface area contributed by atoms with E-state index in [0.29, 0.717) is 12.5 Å². The van der Waals surface area contributed by atoms with Gasteiger partial charge >= 0.3 is 0 Å². The van der Waals surface area contributed by atoms with Gasteiger partial charge in [-0.3, -0.25) is 14.7 Å². The monoisotopic (exact) mass is 513 g/mol. The van der Waals surface area contributed by atoms with Crippen LogP contribution in [-0.2, 0) is 17.6 Å². The first-order chi connectivity index (χ1) is 13.7. The van der Waals surface area contributed by atoms with Crippen LogP contribution < -0.4 is 5.32 Å². The van der Waals surface area contributed by atoms with E-state index in [4.69, 9.17) is 0 Å². The first-order valence-electron chi connectivity index (χ1n) is 10.7. The van der Waals surface area contributed by atoms with Crippen LogP contribution in [0.3, 0.4) is 0 Å². The first kappa shape index (κ1) is 23.9. The highest BCUT2D eigenvalue weighted by Gasteiger charge is 2.24. The summed E-state index contributed by atoms with van der Waals surface area (Å²) >= 11 is 0. The molecule has 0 saturated carbocycles. The molecule has 0 atom stereocenters. The van der Waals surface area contributed by atoms with Crippen LogP contribution in [0.25, 0.3) is 0 Å². The van der Waals surface area contributed by atoms with E-state index in [0.717, 1.165) is 77.5 Å². The Bertz CT molecular complexity index is 650. The SMILES string of the molecule is CCc1ccc(CCNC(=NC)N2CCN(CC(=O)N3CCCC3)CC2)cc1.I. The van der Waals surface area contributed by atoms with Crippen molar-refractivity contribution in [3.8, 4) is 0 Å². The number of aryl methyl sites for hydroxylation is 1. The maximum absolute atomic E-state index is 12.3. The van der Waals surface area contributed by atoms with Gasteiger partial charge in [0.15, 0.2) is 5.96 Å². The summed E-state index contributed by atoms with van der Waals surface area (Å²) in [7, 11) is 1.85. The summed E-state index contributed by atoms with van der Waals surface area (Å²) in [5.41, 5.74) is 2.74. The predicted octanol–water partition coefficient (Wildman–Crippen LogP) is 2.22. The second kappa shape index (κ2) is 12.4. The predicted molar refractivity (Wildman–Crippen MR) is 130 cm³/mol. The number of nitrogens with one attached hydrogen (secondary N) is 1. The lowest BCUT2D eigenvalue weighted by atomic mass is 10.1. The lowest BCUT2D eigenvalue weighted by Crippen LogP contribution is -2.54. The number of benzene rings is 1. The molecule has 29 heavy (non-hydrogen) atoms. The van der Waals surface area contributed by atoms with Gasteiger partial charge in [-0.1, -0.05) is 31.2 Å². The van der Waals surface area contributed by atoms with Gasteiger partial charge in [0.2, 0.25) is 5.91 Å². The minimum absolute atomic E-state index is 0. The second-order valence-electron chi connectivity index (χ2n) is 7.75. The zero-order valence-corrected chi connectivity index (χ0v) is 20.2. The third-order valence-corrected chi connectivity index (χ3v) is 5.83. The number of hydrogen-bond acceptors (Lipinski definition) is 3. The van der Waals surface area contributed by atoms with E-state index < -0.39 is 0 Å². The summed E-state index contributed by atoms with van der Waals surface area (Å²) in [5, 5.41) is 3.50. The minimum Gasteiger partial charge on any atom is -0.356 e. The van der Waals surface area contributed by atoms with E-state index in [1.54, 1.807) is 0 Å². The van der Waals surface area contributed by atoms with Gasteiger partial charge in [0.05, 0.1) is 6.54 Å². The normalized spacial score (nSPS) is 17.9. The number of aliphatic imine (C=N–C) groups is 1. The molecule has 3 rings (SSSR count). The number of guanidine groups is 1. The van der Waals surface area contributed by atoms with Gasteiger partial charge in [0.25, 0.3) is 0 Å². The summed E-state index contributed by atoms with van der Waals surface area (Å²) in [6.07, 6.45) is 4.39. The summed E-state index contributed by atoms with van der Waals surface area (Å²) in [6.45, 7) is 9.17. The zero-order chi connectivity index (χ0) is 19.8. The molecule has 2 aliphatic rings. The number of hydrogen-bond donors (Lipinski definition) is 1. The highest BCUT2D eigenvalue weighted by molar-refractivity contribution is 14.0. The van der Waals surface area contributed by atoms with Crippen LogP contribution in [-0.4, -0.2) is 86.0 Å². The standard InChI is InChI=1S/C22H35N5O.HI/c1-3-19-6-8-20(9-7-19)10-11-24-22(23-2)27-16-14-25(15-17-27)18-21(28)26-12-4-5-13-26;/h6-9H,3-5,10-18H2,1-2H3,(H,23,24);1H. The Hall–Kier alpha value is -1.35.